The summed E-state index contributed by atoms with van der Waals surface area (Å²) in [6, 6.07) is 82.2. The monoisotopic (exact) mass is 827 g/mol. The molecule has 4 heteroatoms. The quantitative estimate of drug-likeness (QED) is 0.168. The van der Waals surface area contributed by atoms with Gasteiger partial charge in [-0.1, -0.05) is 164 Å². The number of nitriles is 1. The lowest BCUT2D eigenvalue weighted by molar-refractivity contribution is 0.666. The van der Waals surface area contributed by atoms with Crippen molar-refractivity contribution in [3.63, 3.8) is 0 Å². The molecule has 65 heavy (non-hydrogen) atoms. The van der Waals surface area contributed by atoms with Gasteiger partial charge < -0.3 is 13.6 Å². The van der Waals surface area contributed by atoms with Crippen LogP contribution in [-0.4, -0.2) is 9.13 Å². The lowest BCUT2D eigenvalue weighted by Gasteiger charge is -2.18. The SMILES string of the molecule is N#Cc1cc(-n2c3ccc(-c4ccccc4)cc3c3cc(-c4ccccc4)ccc32)c(-n2c3ccc(-c4ccccc4)cc3c3cc(-c4ccccc4)ccc32)c2oc3ccccc3c12. The predicted octanol–water partition coefficient (Wildman–Crippen LogP) is 16.3. The Bertz CT molecular complexity index is 3850. The van der Waals surface area contributed by atoms with Crippen LogP contribution in [0.15, 0.2) is 229 Å². The third kappa shape index (κ3) is 5.77. The average Bonchev–Trinajstić information content (AvgIpc) is 4.04. The molecule has 0 spiro atoms. The second kappa shape index (κ2) is 14.6. The van der Waals surface area contributed by atoms with Crippen LogP contribution >= 0.6 is 0 Å². The van der Waals surface area contributed by atoms with E-state index in [9.17, 15) is 5.26 Å². The number of hydrogen-bond donors (Lipinski definition) is 0. The molecule has 0 atom stereocenters. The minimum absolute atomic E-state index is 0.555. The zero-order chi connectivity index (χ0) is 43.0. The highest BCUT2D eigenvalue weighted by Gasteiger charge is 2.27. The van der Waals surface area contributed by atoms with Crippen molar-refractivity contribution in [3.8, 4) is 62.0 Å². The van der Waals surface area contributed by atoms with Gasteiger partial charge in [-0.15, -0.1) is 0 Å². The van der Waals surface area contributed by atoms with Crippen LogP contribution in [0.1, 0.15) is 5.56 Å². The fourth-order valence-corrected chi connectivity index (χ4v) is 10.1. The zero-order valence-corrected chi connectivity index (χ0v) is 35.1. The molecule has 13 aromatic rings. The lowest BCUT2D eigenvalue weighted by atomic mass is 10.0. The first-order chi connectivity index (χ1) is 32.2. The Morgan fingerprint density at radius 1 is 0.338 bits per heavy atom. The number of furan rings is 1. The van der Waals surface area contributed by atoms with E-state index >= 15 is 0 Å². The number of aromatic nitrogens is 2. The van der Waals surface area contributed by atoms with Crippen molar-refractivity contribution >= 4 is 65.6 Å². The van der Waals surface area contributed by atoms with Crippen molar-refractivity contribution in [3.05, 3.63) is 230 Å². The number of fused-ring (bicyclic) bond motifs is 9. The summed E-state index contributed by atoms with van der Waals surface area (Å²) < 4.78 is 11.8. The van der Waals surface area contributed by atoms with Crippen LogP contribution < -0.4 is 0 Å². The van der Waals surface area contributed by atoms with E-state index in [1.807, 2.05) is 18.2 Å². The Kier molecular flexibility index (Phi) is 8.24. The van der Waals surface area contributed by atoms with Crippen LogP contribution in [0.4, 0.5) is 0 Å². The van der Waals surface area contributed by atoms with Crippen LogP contribution in [0.2, 0.25) is 0 Å². The highest BCUT2D eigenvalue weighted by Crippen LogP contribution is 2.46. The maximum absolute atomic E-state index is 11.1. The summed E-state index contributed by atoms with van der Waals surface area (Å²) in [6.45, 7) is 0. The van der Waals surface area contributed by atoms with E-state index in [0.29, 0.717) is 11.1 Å². The first-order valence-corrected chi connectivity index (χ1v) is 22.0. The van der Waals surface area contributed by atoms with E-state index in [1.54, 1.807) is 0 Å². The van der Waals surface area contributed by atoms with E-state index < -0.39 is 0 Å². The summed E-state index contributed by atoms with van der Waals surface area (Å²) in [5.41, 5.74) is 17.0. The third-order valence-electron chi connectivity index (χ3n) is 13.1. The third-order valence-corrected chi connectivity index (χ3v) is 13.1. The topological polar surface area (TPSA) is 46.8 Å². The number of nitrogens with zero attached hydrogens (tertiary/aromatic N) is 3. The molecule has 0 unspecified atom stereocenters. The van der Waals surface area contributed by atoms with Crippen molar-refractivity contribution in [2.45, 2.75) is 0 Å². The van der Waals surface area contributed by atoms with Crippen molar-refractivity contribution < 1.29 is 4.42 Å². The Labute approximate surface area is 374 Å². The Morgan fingerprint density at radius 3 is 1.11 bits per heavy atom. The summed E-state index contributed by atoms with van der Waals surface area (Å²) in [4.78, 5) is 0. The van der Waals surface area contributed by atoms with Crippen LogP contribution in [0.5, 0.6) is 0 Å². The first-order valence-electron chi connectivity index (χ1n) is 22.0. The first kappa shape index (κ1) is 36.7. The molecule has 0 radical (unpaired) electrons. The molecule has 0 N–H and O–H groups in total. The van der Waals surface area contributed by atoms with Gasteiger partial charge in [0, 0.05) is 32.3 Å². The molecule has 0 aliphatic heterocycles. The molecule has 4 nitrogen and oxygen atoms in total. The molecule has 0 bridgehead atoms. The van der Waals surface area contributed by atoms with Gasteiger partial charge in [-0.25, -0.2) is 0 Å². The Balaban J connectivity index is 1.19. The fraction of sp³-hybridized carbons (Fsp3) is 0. The highest BCUT2D eigenvalue weighted by molar-refractivity contribution is 6.18. The van der Waals surface area contributed by atoms with E-state index in [1.165, 1.54) is 0 Å². The number of rotatable bonds is 6. The van der Waals surface area contributed by atoms with Gasteiger partial charge >= 0.3 is 0 Å². The van der Waals surface area contributed by atoms with Gasteiger partial charge in [0.15, 0.2) is 5.58 Å². The van der Waals surface area contributed by atoms with Crippen LogP contribution in [0.3, 0.4) is 0 Å². The van der Waals surface area contributed by atoms with Gasteiger partial charge in [-0.3, -0.25) is 0 Å². The molecule has 0 aliphatic carbocycles. The van der Waals surface area contributed by atoms with Crippen LogP contribution in [-0.2, 0) is 0 Å². The number of benzene rings is 10. The molecule has 302 valence electrons. The van der Waals surface area contributed by atoms with Gasteiger partial charge in [0.1, 0.15) is 11.3 Å². The minimum atomic E-state index is 0.555. The molecule has 0 amide bonds. The fourth-order valence-electron chi connectivity index (χ4n) is 10.1. The second-order valence-corrected chi connectivity index (χ2v) is 16.8. The van der Waals surface area contributed by atoms with Crippen molar-refractivity contribution in [2.75, 3.05) is 0 Å². The number of para-hydroxylation sites is 1. The maximum Gasteiger partial charge on any atom is 0.162 e. The van der Waals surface area contributed by atoms with Crippen molar-refractivity contribution in [1.29, 1.82) is 5.26 Å². The highest BCUT2D eigenvalue weighted by atomic mass is 16.3. The van der Waals surface area contributed by atoms with Crippen molar-refractivity contribution in [1.82, 2.24) is 9.13 Å². The standard InChI is InChI=1S/C61H37N3O/c62-38-47-37-57(63-53-29-25-43(39-15-5-1-6-16-39)33-49(53)50-34-44(26-30-54(50)63)40-17-7-2-8-18-40)60(61-59(47)48-23-13-14-24-58(48)65-61)64-55-31-27-45(41-19-9-3-10-20-41)35-51(55)52-36-46(28-32-56(52)64)42-21-11-4-12-22-42/h1-37H. The van der Waals surface area contributed by atoms with E-state index in [0.717, 1.165) is 116 Å². The molecule has 0 fully saturated rings. The van der Waals surface area contributed by atoms with Gasteiger partial charge in [0.05, 0.1) is 39.4 Å². The van der Waals surface area contributed by atoms with Gasteiger partial charge in [-0.2, -0.15) is 5.26 Å². The maximum atomic E-state index is 11.1. The van der Waals surface area contributed by atoms with Gasteiger partial charge in [0.2, 0.25) is 0 Å². The lowest BCUT2D eigenvalue weighted by Crippen LogP contribution is -2.05. The summed E-state index contributed by atoms with van der Waals surface area (Å²) >= 11 is 0. The summed E-state index contributed by atoms with van der Waals surface area (Å²) in [5, 5.41) is 17.3. The van der Waals surface area contributed by atoms with Crippen molar-refractivity contribution in [2.24, 2.45) is 0 Å². The largest absolute Gasteiger partial charge is 0.454 e. The van der Waals surface area contributed by atoms with Crippen LogP contribution in [0.25, 0.3) is 121 Å². The smallest absolute Gasteiger partial charge is 0.162 e. The Morgan fingerprint density at radius 2 is 0.708 bits per heavy atom. The summed E-state index contributed by atoms with van der Waals surface area (Å²) in [6.07, 6.45) is 0. The van der Waals surface area contributed by atoms with Crippen LogP contribution in [0, 0.1) is 11.3 Å². The number of hydrogen-bond acceptors (Lipinski definition) is 2. The summed E-state index contributed by atoms with van der Waals surface area (Å²) in [7, 11) is 0. The molecule has 0 aliphatic rings. The van der Waals surface area contributed by atoms with E-state index in [-0.39, 0.29) is 0 Å². The average molecular weight is 828 g/mol. The molecular weight excluding hydrogens is 791 g/mol. The molecular formula is C61H37N3O. The van der Waals surface area contributed by atoms with Gasteiger partial charge in [0.25, 0.3) is 0 Å². The van der Waals surface area contributed by atoms with Gasteiger partial charge in [-0.05, 0) is 105 Å². The zero-order valence-electron chi connectivity index (χ0n) is 35.1. The molecule has 0 saturated carbocycles. The second-order valence-electron chi connectivity index (χ2n) is 16.8. The molecule has 3 heterocycles. The molecule has 13 rings (SSSR count). The Hall–Kier alpha value is -8.91. The predicted molar refractivity (Wildman–Crippen MR) is 269 cm³/mol. The summed E-state index contributed by atoms with van der Waals surface area (Å²) in [5.74, 6) is 0. The molecule has 0 saturated heterocycles. The normalized spacial score (nSPS) is 11.7. The molecule has 10 aromatic carbocycles. The minimum Gasteiger partial charge on any atom is -0.454 e. The van der Waals surface area contributed by atoms with E-state index in [4.69, 9.17) is 4.42 Å². The molecule has 3 aromatic heterocycles. The van der Waals surface area contributed by atoms with E-state index in [2.05, 4.69) is 221 Å².